The number of nitrogen functional groups attached to an aromatic ring is 1. The van der Waals surface area contributed by atoms with Gasteiger partial charge in [-0.2, -0.15) is 13.5 Å². The lowest BCUT2D eigenvalue weighted by Gasteiger charge is -2.41. The van der Waals surface area contributed by atoms with Crippen LogP contribution in [0.1, 0.15) is 25.5 Å². The Balaban J connectivity index is 1.32. The molecule has 1 aromatic carbocycles. The number of nitrogens with two attached hydrogens (primary N) is 2. The Kier molecular flexibility index (Phi) is 9.14. The van der Waals surface area contributed by atoms with Crippen LogP contribution in [0.5, 0.6) is 5.75 Å². The molecule has 40 heavy (non-hydrogen) atoms. The average Bonchev–Trinajstić information content (AvgIpc) is 3.56. The second-order valence-corrected chi connectivity index (χ2v) is 11.1. The van der Waals surface area contributed by atoms with Crippen LogP contribution in [0.4, 0.5) is 5.13 Å². The lowest BCUT2D eigenvalue weighted by Crippen LogP contribution is -2.62. The first-order valence-corrected chi connectivity index (χ1v) is 14.6. The van der Waals surface area contributed by atoms with E-state index in [0.29, 0.717) is 16.6 Å². The highest BCUT2D eigenvalue weighted by Crippen LogP contribution is 2.32. The zero-order valence-electron chi connectivity index (χ0n) is 21.5. The Morgan fingerprint density at radius 3 is 2.60 bits per heavy atom. The summed E-state index contributed by atoms with van der Waals surface area (Å²) in [5.41, 5.74) is 13.2. The smallest absolute Gasteiger partial charge is 0.362 e. The predicted octanol–water partition coefficient (Wildman–Crippen LogP) is 1.35. The molecule has 0 aliphatic carbocycles. The van der Waals surface area contributed by atoms with Gasteiger partial charge in [0.15, 0.2) is 23.2 Å². The molecule has 0 saturated carbocycles. The van der Waals surface area contributed by atoms with Gasteiger partial charge in [-0.15, -0.1) is 11.3 Å². The number of ether oxygens (including phenoxy) is 1. The van der Waals surface area contributed by atoms with Gasteiger partial charge < -0.3 is 21.0 Å². The fourth-order valence-corrected chi connectivity index (χ4v) is 5.58. The molecule has 1 aliphatic rings. The Bertz CT molecular complexity index is 1480. The molecular formula is C24H29N7O7S2. The van der Waals surface area contributed by atoms with Gasteiger partial charge in [-0.25, -0.2) is 9.29 Å². The number of aromatic nitrogens is 3. The molecule has 0 radical (unpaired) electrons. The molecule has 2 aromatic heterocycles. The van der Waals surface area contributed by atoms with Gasteiger partial charge in [0, 0.05) is 30.1 Å². The van der Waals surface area contributed by atoms with Gasteiger partial charge in [-0.1, -0.05) is 17.3 Å². The summed E-state index contributed by atoms with van der Waals surface area (Å²) in [6, 6.07) is 6.56. The SMILES string of the molecule is C[C@@H]1[C@H](CC(=O)/C(=N\OCCOc2ccc(-c3cnn(CCCN)c3)cc2)c2csc(N)n2)C(=O)N1S(=O)(=O)O. The third-order valence-electron chi connectivity index (χ3n) is 6.18. The minimum absolute atomic E-state index is 0.00135. The summed E-state index contributed by atoms with van der Waals surface area (Å²) in [6.07, 6.45) is 4.25. The number of nitrogens with zero attached hydrogens (tertiary/aromatic N) is 5. The number of carbonyl (C=O) groups is 2. The van der Waals surface area contributed by atoms with Crippen LogP contribution in [0.2, 0.25) is 0 Å². The number of ketones is 1. The van der Waals surface area contributed by atoms with Crippen molar-refractivity contribution in [3.05, 3.63) is 47.7 Å². The molecule has 1 aliphatic heterocycles. The van der Waals surface area contributed by atoms with Crippen LogP contribution in [0, 0.1) is 5.92 Å². The summed E-state index contributed by atoms with van der Waals surface area (Å²) in [6.45, 7) is 2.91. The van der Waals surface area contributed by atoms with Gasteiger partial charge in [0.1, 0.15) is 18.1 Å². The summed E-state index contributed by atoms with van der Waals surface area (Å²) in [4.78, 5) is 34.5. The van der Waals surface area contributed by atoms with Crippen LogP contribution in [0.15, 0.2) is 47.2 Å². The fourth-order valence-electron chi connectivity index (χ4n) is 4.11. The molecule has 5 N–H and O–H groups in total. The summed E-state index contributed by atoms with van der Waals surface area (Å²) >= 11 is 1.09. The molecule has 214 valence electrons. The number of benzene rings is 1. The van der Waals surface area contributed by atoms with Crippen molar-refractivity contribution < 1.29 is 32.1 Å². The van der Waals surface area contributed by atoms with Crippen molar-refractivity contribution in [2.75, 3.05) is 25.5 Å². The van der Waals surface area contributed by atoms with Crippen molar-refractivity contribution in [3.63, 3.8) is 0 Å². The number of thiazole rings is 1. The molecule has 4 rings (SSSR count). The zero-order chi connectivity index (χ0) is 28.9. The first-order valence-electron chi connectivity index (χ1n) is 12.3. The van der Waals surface area contributed by atoms with E-state index in [9.17, 15) is 18.0 Å². The molecule has 14 nitrogen and oxygen atoms in total. The summed E-state index contributed by atoms with van der Waals surface area (Å²) in [5, 5.41) is 9.97. The molecule has 16 heteroatoms. The van der Waals surface area contributed by atoms with Crippen LogP contribution in [-0.2, 0) is 31.3 Å². The number of anilines is 1. The van der Waals surface area contributed by atoms with Gasteiger partial charge in [0.2, 0.25) is 5.91 Å². The Morgan fingerprint density at radius 1 is 1.23 bits per heavy atom. The maximum Gasteiger partial charge on any atom is 0.362 e. The number of oxime groups is 1. The van der Waals surface area contributed by atoms with E-state index in [1.54, 1.807) is 6.20 Å². The van der Waals surface area contributed by atoms with Crippen LogP contribution >= 0.6 is 11.3 Å². The second-order valence-electron chi connectivity index (χ2n) is 8.94. The van der Waals surface area contributed by atoms with Crippen molar-refractivity contribution in [2.24, 2.45) is 16.8 Å². The topological polar surface area (TPSA) is 205 Å². The van der Waals surface area contributed by atoms with E-state index < -0.39 is 34.0 Å². The van der Waals surface area contributed by atoms with Crippen molar-refractivity contribution in [1.82, 2.24) is 19.1 Å². The normalized spacial score (nSPS) is 17.5. The number of aryl methyl sites for hydroxylation is 1. The monoisotopic (exact) mass is 591 g/mol. The standard InChI is InChI=1S/C24H29N7O7S2/c1-15-19(23(33)31(15)40(34,35)36)11-21(32)22(20-14-39-24(26)28-20)29-38-10-9-37-18-5-3-16(4-6-18)17-12-27-30(13-17)8-2-7-25/h3-6,12-15,19H,2,7-11,25H2,1H3,(H2,26,28)(H,34,35,36)/b29-22-/t15-,19+/m1/s1. The van der Waals surface area contributed by atoms with Gasteiger partial charge in [0.05, 0.1) is 18.2 Å². The van der Waals surface area contributed by atoms with Gasteiger partial charge in [-0.05, 0) is 37.6 Å². The lowest BCUT2D eigenvalue weighted by molar-refractivity contribution is -0.147. The number of hydrogen-bond donors (Lipinski definition) is 3. The number of Topliss-reactive ketones (excluding diaryl/α,β-unsaturated/α-hetero) is 1. The number of rotatable bonds is 14. The van der Waals surface area contributed by atoms with Gasteiger partial charge >= 0.3 is 10.3 Å². The van der Waals surface area contributed by atoms with E-state index in [2.05, 4.69) is 15.2 Å². The Hall–Kier alpha value is -3.86. The zero-order valence-corrected chi connectivity index (χ0v) is 23.2. The van der Waals surface area contributed by atoms with Crippen molar-refractivity contribution in [2.45, 2.75) is 32.4 Å². The maximum atomic E-state index is 13.0. The molecular weight excluding hydrogens is 562 g/mol. The molecule has 0 spiro atoms. The van der Waals surface area contributed by atoms with E-state index in [-0.39, 0.29) is 36.2 Å². The van der Waals surface area contributed by atoms with E-state index in [1.165, 1.54) is 12.3 Å². The van der Waals surface area contributed by atoms with Crippen molar-refractivity contribution in [1.29, 1.82) is 0 Å². The maximum absolute atomic E-state index is 13.0. The molecule has 3 aromatic rings. The second kappa shape index (κ2) is 12.5. The van der Waals surface area contributed by atoms with Crippen molar-refractivity contribution in [3.8, 4) is 16.9 Å². The molecule has 0 bridgehead atoms. The number of β-lactam (4-membered cyclic amide) rings is 1. The minimum Gasteiger partial charge on any atom is -0.490 e. The van der Waals surface area contributed by atoms with Crippen LogP contribution in [-0.4, -0.2) is 75.2 Å². The molecule has 1 amide bonds. The summed E-state index contributed by atoms with van der Waals surface area (Å²) in [5.74, 6) is -1.80. The van der Waals surface area contributed by atoms with Crippen LogP contribution in [0.25, 0.3) is 11.1 Å². The summed E-state index contributed by atoms with van der Waals surface area (Å²) < 4.78 is 39.7. The van der Waals surface area contributed by atoms with Crippen LogP contribution in [0.3, 0.4) is 0 Å². The third-order valence-corrected chi connectivity index (χ3v) is 7.86. The number of hydrogen-bond acceptors (Lipinski definition) is 12. The summed E-state index contributed by atoms with van der Waals surface area (Å²) in [7, 11) is -4.70. The van der Waals surface area contributed by atoms with Crippen LogP contribution < -0.4 is 16.2 Å². The molecule has 1 saturated heterocycles. The highest BCUT2D eigenvalue weighted by atomic mass is 32.2. The lowest BCUT2D eigenvalue weighted by atomic mass is 9.86. The van der Waals surface area contributed by atoms with E-state index in [1.807, 2.05) is 35.1 Å². The van der Waals surface area contributed by atoms with Gasteiger partial charge in [0.25, 0.3) is 0 Å². The van der Waals surface area contributed by atoms with E-state index in [4.69, 9.17) is 25.6 Å². The van der Waals surface area contributed by atoms with E-state index in [0.717, 1.165) is 35.4 Å². The third kappa shape index (κ3) is 6.82. The molecule has 3 heterocycles. The van der Waals surface area contributed by atoms with Gasteiger partial charge in [-0.3, -0.25) is 18.8 Å². The number of carbonyl (C=O) groups excluding carboxylic acids is 2. The molecule has 0 unspecified atom stereocenters. The Labute approximate surface area is 234 Å². The van der Waals surface area contributed by atoms with E-state index >= 15 is 0 Å². The quantitative estimate of drug-likeness (QED) is 0.0802. The first-order chi connectivity index (χ1) is 19.1. The minimum atomic E-state index is -4.70. The highest BCUT2D eigenvalue weighted by Gasteiger charge is 2.51. The first kappa shape index (κ1) is 29.1. The molecule has 2 atom stereocenters. The predicted molar refractivity (Wildman–Crippen MR) is 147 cm³/mol. The average molecular weight is 592 g/mol. The Morgan fingerprint density at radius 2 is 1.98 bits per heavy atom. The number of amides is 1. The highest BCUT2D eigenvalue weighted by molar-refractivity contribution is 7.84. The fraction of sp³-hybridized carbons (Fsp3) is 0.375. The van der Waals surface area contributed by atoms with Crippen molar-refractivity contribution >= 4 is 44.2 Å². The largest absolute Gasteiger partial charge is 0.490 e. The molecule has 1 fully saturated rings.